The Balaban J connectivity index is 2.18. The van der Waals surface area contributed by atoms with Gasteiger partial charge in [-0.3, -0.25) is 0 Å². The molecule has 2 atom stereocenters. The number of halogens is 1. The normalized spacial score (nSPS) is 27.9. The minimum Gasteiger partial charge on any atom is -0.493 e. The number of hydrogen-bond donors (Lipinski definition) is 0. The predicted octanol–water partition coefficient (Wildman–Crippen LogP) is 2.14. The highest BCUT2D eigenvalue weighted by molar-refractivity contribution is 6.35. The third kappa shape index (κ3) is 2.31. The van der Waals surface area contributed by atoms with Crippen LogP contribution in [0.25, 0.3) is 0 Å². The minimum atomic E-state index is -1.41. The van der Waals surface area contributed by atoms with Crippen molar-refractivity contribution >= 4 is 17.6 Å². The number of methoxy groups -OCH3 is 3. The van der Waals surface area contributed by atoms with Gasteiger partial charge in [-0.05, 0) is 24.6 Å². The maximum Gasteiger partial charge on any atom is 0.357 e. The number of esters is 1. The first kappa shape index (κ1) is 14.9. The summed E-state index contributed by atoms with van der Waals surface area (Å²) in [7, 11) is 4.42. The molecule has 1 aliphatic rings. The lowest BCUT2D eigenvalue weighted by Gasteiger charge is -2.12. The molecule has 0 bridgehead atoms. The van der Waals surface area contributed by atoms with Crippen LogP contribution < -0.4 is 9.47 Å². The van der Waals surface area contributed by atoms with Crippen LogP contribution in [0.2, 0.25) is 0 Å². The van der Waals surface area contributed by atoms with Crippen LogP contribution in [-0.4, -0.2) is 38.0 Å². The van der Waals surface area contributed by atoms with Crippen LogP contribution in [0.1, 0.15) is 12.5 Å². The summed E-state index contributed by atoms with van der Waals surface area (Å²) in [4.78, 5) is 11.6. The fourth-order valence-corrected chi connectivity index (χ4v) is 2.52. The molecule has 0 N–H and O–H groups in total. The van der Waals surface area contributed by atoms with Gasteiger partial charge in [-0.1, -0.05) is 17.7 Å². The second kappa shape index (κ2) is 5.14. The summed E-state index contributed by atoms with van der Waals surface area (Å²) in [5.41, 5.74) is 0.137. The highest BCUT2D eigenvalue weighted by Gasteiger charge is 2.72. The van der Waals surface area contributed by atoms with Gasteiger partial charge in [0.25, 0.3) is 5.06 Å². The SMILES string of the molecule is COC(=O)C1(Cl)OC1(C)Cc1ccc(OC)c(OC)c1. The average Bonchev–Trinajstić information content (AvgIpc) is 3.00. The molecule has 110 valence electrons. The molecule has 0 spiro atoms. The summed E-state index contributed by atoms with van der Waals surface area (Å²) in [6.07, 6.45) is 0.464. The monoisotopic (exact) mass is 300 g/mol. The summed E-state index contributed by atoms with van der Waals surface area (Å²) in [6.45, 7) is 1.77. The Bertz CT molecular complexity index is 532. The molecule has 20 heavy (non-hydrogen) atoms. The first-order valence-corrected chi connectivity index (χ1v) is 6.46. The standard InChI is InChI=1S/C14H17ClO5/c1-13(14(15,20-13)12(16)19-4)8-9-5-6-10(17-2)11(7-9)18-3/h5-7H,8H2,1-4H3. The van der Waals surface area contributed by atoms with Crippen molar-refractivity contribution in [1.29, 1.82) is 0 Å². The Hall–Kier alpha value is -1.46. The van der Waals surface area contributed by atoms with E-state index in [1.165, 1.54) is 7.11 Å². The Labute approximate surface area is 122 Å². The molecule has 1 fully saturated rings. The Morgan fingerprint density at radius 1 is 1.25 bits per heavy atom. The van der Waals surface area contributed by atoms with Crippen LogP contribution in [-0.2, 0) is 20.7 Å². The van der Waals surface area contributed by atoms with E-state index in [-0.39, 0.29) is 0 Å². The predicted molar refractivity (Wildman–Crippen MR) is 73.3 cm³/mol. The first-order chi connectivity index (χ1) is 9.40. The quantitative estimate of drug-likeness (QED) is 0.474. The topological polar surface area (TPSA) is 57.3 Å². The maximum absolute atomic E-state index is 11.6. The van der Waals surface area contributed by atoms with E-state index >= 15 is 0 Å². The largest absolute Gasteiger partial charge is 0.493 e. The third-order valence-corrected chi connectivity index (χ3v) is 4.07. The molecule has 0 saturated carbocycles. The van der Waals surface area contributed by atoms with Gasteiger partial charge in [-0.25, -0.2) is 4.79 Å². The highest BCUT2D eigenvalue weighted by atomic mass is 35.5. The number of alkyl halides is 1. The fraction of sp³-hybridized carbons (Fsp3) is 0.500. The fourth-order valence-electron chi connectivity index (χ4n) is 2.20. The van der Waals surface area contributed by atoms with Crippen LogP contribution in [0.15, 0.2) is 18.2 Å². The number of benzene rings is 1. The average molecular weight is 301 g/mol. The zero-order valence-corrected chi connectivity index (χ0v) is 12.6. The van der Waals surface area contributed by atoms with Crippen molar-refractivity contribution in [2.24, 2.45) is 0 Å². The molecule has 1 heterocycles. The molecule has 0 radical (unpaired) electrons. The van der Waals surface area contributed by atoms with E-state index in [0.717, 1.165) is 5.56 Å². The molecule has 0 aliphatic carbocycles. The molecule has 1 saturated heterocycles. The van der Waals surface area contributed by atoms with E-state index in [4.69, 9.17) is 25.8 Å². The molecular weight excluding hydrogens is 284 g/mol. The van der Waals surface area contributed by atoms with E-state index in [1.54, 1.807) is 27.2 Å². The lowest BCUT2D eigenvalue weighted by atomic mass is 9.97. The molecule has 2 unspecified atom stereocenters. The van der Waals surface area contributed by atoms with Gasteiger partial charge in [0.15, 0.2) is 11.5 Å². The Kier molecular flexibility index (Phi) is 3.84. The van der Waals surface area contributed by atoms with E-state index < -0.39 is 16.6 Å². The van der Waals surface area contributed by atoms with Gasteiger partial charge in [0, 0.05) is 6.42 Å². The van der Waals surface area contributed by atoms with Crippen molar-refractivity contribution in [3.05, 3.63) is 23.8 Å². The molecule has 0 amide bonds. The molecule has 2 rings (SSSR count). The molecule has 5 nitrogen and oxygen atoms in total. The number of epoxide rings is 1. The summed E-state index contributed by atoms with van der Waals surface area (Å²) < 4.78 is 20.5. The van der Waals surface area contributed by atoms with Gasteiger partial charge < -0.3 is 18.9 Å². The third-order valence-electron chi connectivity index (χ3n) is 3.44. The van der Waals surface area contributed by atoms with Gasteiger partial charge in [-0.15, -0.1) is 0 Å². The van der Waals surface area contributed by atoms with Crippen LogP contribution >= 0.6 is 11.6 Å². The van der Waals surface area contributed by atoms with Crippen molar-refractivity contribution in [3.8, 4) is 11.5 Å². The number of carbonyl (C=O) groups is 1. The van der Waals surface area contributed by atoms with Gasteiger partial charge in [0.1, 0.15) is 5.60 Å². The zero-order valence-electron chi connectivity index (χ0n) is 11.9. The van der Waals surface area contributed by atoms with Crippen LogP contribution in [0.5, 0.6) is 11.5 Å². The number of ether oxygens (including phenoxy) is 4. The van der Waals surface area contributed by atoms with Crippen molar-refractivity contribution < 1.29 is 23.7 Å². The number of hydrogen-bond acceptors (Lipinski definition) is 5. The Morgan fingerprint density at radius 2 is 1.90 bits per heavy atom. The first-order valence-electron chi connectivity index (χ1n) is 6.08. The van der Waals surface area contributed by atoms with Gasteiger partial charge in [0.05, 0.1) is 21.3 Å². The Morgan fingerprint density at radius 3 is 2.45 bits per heavy atom. The summed E-state index contributed by atoms with van der Waals surface area (Å²) in [5.74, 6) is 0.679. The highest BCUT2D eigenvalue weighted by Crippen LogP contribution is 2.54. The summed E-state index contributed by atoms with van der Waals surface area (Å²) in [5, 5.41) is -1.41. The van der Waals surface area contributed by atoms with Gasteiger partial charge >= 0.3 is 5.97 Å². The van der Waals surface area contributed by atoms with E-state index in [2.05, 4.69) is 4.74 Å². The molecule has 1 aromatic rings. The summed E-state index contributed by atoms with van der Waals surface area (Å²) in [6, 6.07) is 5.51. The van der Waals surface area contributed by atoms with Crippen LogP contribution in [0, 0.1) is 0 Å². The molecule has 0 aromatic heterocycles. The van der Waals surface area contributed by atoms with Crippen molar-refractivity contribution in [3.63, 3.8) is 0 Å². The second-order valence-corrected chi connectivity index (χ2v) is 5.32. The smallest absolute Gasteiger partial charge is 0.357 e. The van der Waals surface area contributed by atoms with E-state index in [9.17, 15) is 4.79 Å². The van der Waals surface area contributed by atoms with Crippen molar-refractivity contribution in [1.82, 2.24) is 0 Å². The molecule has 1 aromatic carbocycles. The van der Waals surface area contributed by atoms with Crippen LogP contribution in [0.4, 0.5) is 0 Å². The van der Waals surface area contributed by atoms with E-state index in [1.807, 2.05) is 12.1 Å². The molecular formula is C14H17ClO5. The van der Waals surface area contributed by atoms with Crippen LogP contribution in [0.3, 0.4) is 0 Å². The minimum absolute atomic E-state index is 0.464. The van der Waals surface area contributed by atoms with Gasteiger partial charge in [-0.2, -0.15) is 0 Å². The molecule has 1 aliphatic heterocycles. The number of carbonyl (C=O) groups excluding carboxylic acids is 1. The summed E-state index contributed by atoms with van der Waals surface area (Å²) >= 11 is 6.13. The van der Waals surface area contributed by atoms with E-state index in [0.29, 0.717) is 17.9 Å². The lowest BCUT2D eigenvalue weighted by Crippen LogP contribution is -2.29. The second-order valence-electron chi connectivity index (χ2n) is 4.79. The lowest BCUT2D eigenvalue weighted by molar-refractivity contribution is -0.143. The van der Waals surface area contributed by atoms with Crippen molar-refractivity contribution in [2.75, 3.05) is 21.3 Å². The number of rotatable bonds is 5. The molecule has 6 heteroatoms. The maximum atomic E-state index is 11.6. The van der Waals surface area contributed by atoms with Crippen molar-refractivity contribution in [2.45, 2.75) is 24.0 Å². The van der Waals surface area contributed by atoms with Gasteiger partial charge in [0.2, 0.25) is 0 Å². The zero-order chi connectivity index (χ0) is 15.0.